The summed E-state index contributed by atoms with van der Waals surface area (Å²) in [7, 11) is 0. The highest BCUT2D eigenvalue weighted by atomic mass is 16.5. The highest BCUT2D eigenvalue weighted by Crippen LogP contribution is 2.34. The lowest BCUT2D eigenvalue weighted by Crippen LogP contribution is -2.47. The lowest BCUT2D eigenvalue weighted by molar-refractivity contribution is -0.121. The molecule has 1 aliphatic heterocycles. The van der Waals surface area contributed by atoms with Gasteiger partial charge in [0.1, 0.15) is 0 Å². The topological polar surface area (TPSA) is 87.5 Å². The Balaban J connectivity index is 1.21. The van der Waals surface area contributed by atoms with Crippen molar-refractivity contribution in [3.63, 3.8) is 0 Å². The van der Waals surface area contributed by atoms with Crippen molar-refractivity contribution < 1.29 is 14.1 Å². The second kappa shape index (κ2) is 7.48. The number of carbonyl (C=O) groups is 2. The second-order valence-electron chi connectivity index (χ2n) is 8.23. The molecule has 1 aliphatic carbocycles. The molecule has 0 bridgehead atoms. The number of aromatic nitrogens is 1. The first-order valence-corrected chi connectivity index (χ1v) is 10.4. The SMILES string of the molecule is Cc1cccc2c1CN(C1CCC(C(=O)Nc3ccc4oncc4c3)CC1)C(=O)N2. The van der Waals surface area contributed by atoms with E-state index in [2.05, 4.69) is 28.8 Å². The molecule has 0 saturated heterocycles. The molecule has 7 nitrogen and oxygen atoms in total. The molecule has 1 saturated carbocycles. The summed E-state index contributed by atoms with van der Waals surface area (Å²) in [6.07, 6.45) is 4.85. The van der Waals surface area contributed by atoms with E-state index in [1.54, 1.807) is 6.20 Å². The number of rotatable bonds is 3. The van der Waals surface area contributed by atoms with Crippen LogP contribution in [0.1, 0.15) is 36.8 Å². The molecule has 2 heterocycles. The Morgan fingerprint density at radius 1 is 1.20 bits per heavy atom. The van der Waals surface area contributed by atoms with Crippen LogP contribution in [0.3, 0.4) is 0 Å². The molecular weight excluding hydrogens is 380 g/mol. The number of hydrogen-bond donors (Lipinski definition) is 2. The number of aryl methyl sites for hydroxylation is 1. The van der Waals surface area contributed by atoms with E-state index in [1.807, 2.05) is 35.2 Å². The van der Waals surface area contributed by atoms with Gasteiger partial charge in [0.05, 0.1) is 12.7 Å². The van der Waals surface area contributed by atoms with Gasteiger partial charge in [-0.15, -0.1) is 0 Å². The average Bonchev–Trinajstić information content (AvgIpc) is 3.21. The molecule has 2 N–H and O–H groups in total. The fraction of sp³-hybridized carbons (Fsp3) is 0.348. The summed E-state index contributed by atoms with van der Waals surface area (Å²) in [6, 6.07) is 11.6. The lowest BCUT2D eigenvalue weighted by atomic mass is 9.84. The molecule has 1 aromatic heterocycles. The van der Waals surface area contributed by atoms with E-state index < -0.39 is 0 Å². The second-order valence-corrected chi connectivity index (χ2v) is 8.23. The Bertz CT molecular complexity index is 1110. The van der Waals surface area contributed by atoms with Crippen molar-refractivity contribution in [2.75, 3.05) is 10.6 Å². The van der Waals surface area contributed by atoms with Crippen molar-refractivity contribution in [1.29, 1.82) is 0 Å². The third kappa shape index (κ3) is 3.40. The zero-order chi connectivity index (χ0) is 20.7. The van der Waals surface area contributed by atoms with E-state index in [0.29, 0.717) is 12.1 Å². The van der Waals surface area contributed by atoms with Crippen LogP contribution in [0.2, 0.25) is 0 Å². The quantitative estimate of drug-likeness (QED) is 0.663. The Hall–Kier alpha value is -3.35. The summed E-state index contributed by atoms with van der Waals surface area (Å²) in [5, 5.41) is 10.7. The molecule has 7 heteroatoms. The molecule has 0 radical (unpaired) electrons. The predicted molar refractivity (Wildman–Crippen MR) is 114 cm³/mol. The van der Waals surface area contributed by atoms with Crippen molar-refractivity contribution in [2.45, 2.75) is 45.2 Å². The molecule has 0 spiro atoms. The molecule has 0 unspecified atom stereocenters. The fourth-order valence-corrected chi connectivity index (χ4v) is 4.60. The number of hydrogen-bond acceptors (Lipinski definition) is 4. The van der Waals surface area contributed by atoms with Gasteiger partial charge in [0, 0.05) is 28.7 Å². The van der Waals surface area contributed by atoms with Crippen molar-refractivity contribution in [1.82, 2.24) is 10.1 Å². The number of anilines is 2. The van der Waals surface area contributed by atoms with Crippen LogP contribution in [0.5, 0.6) is 0 Å². The molecular formula is C23H24N4O3. The normalized spacial score (nSPS) is 21.2. The van der Waals surface area contributed by atoms with E-state index in [1.165, 1.54) is 11.1 Å². The molecule has 2 aromatic carbocycles. The zero-order valence-corrected chi connectivity index (χ0v) is 16.9. The molecule has 154 valence electrons. The number of benzene rings is 2. The highest BCUT2D eigenvalue weighted by molar-refractivity contribution is 5.95. The maximum absolute atomic E-state index is 12.8. The fourth-order valence-electron chi connectivity index (χ4n) is 4.60. The Kier molecular flexibility index (Phi) is 4.65. The van der Waals surface area contributed by atoms with Crippen molar-refractivity contribution >= 4 is 34.3 Å². The zero-order valence-electron chi connectivity index (χ0n) is 16.9. The molecule has 1 fully saturated rings. The van der Waals surface area contributed by atoms with Gasteiger partial charge in [-0.05, 0) is 68.0 Å². The minimum absolute atomic E-state index is 0.0357. The van der Waals surface area contributed by atoms with Gasteiger partial charge in [-0.2, -0.15) is 0 Å². The van der Waals surface area contributed by atoms with Crippen LogP contribution in [0.25, 0.3) is 11.0 Å². The smallest absolute Gasteiger partial charge is 0.322 e. The first-order chi connectivity index (χ1) is 14.6. The molecule has 0 atom stereocenters. The van der Waals surface area contributed by atoms with Crippen LogP contribution < -0.4 is 10.6 Å². The minimum atomic E-state index is -0.0405. The number of urea groups is 1. The first kappa shape index (κ1) is 18.7. The number of nitrogens with one attached hydrogen (secondary N) is 2. The standard InChI is InChI=1S/C23H24N4O3/c1-14-3-2-4-20-19(14)13-27(23(29)26-20)18-8-5-15(6-9-18)22(28)25-17-7-10-21-16(11-17)12-24-30-21/h2-4,7,10-12,15,18H,5-6,8-9,13H2,1H3,(H,25,28)(H,26,29). The van der Waals surface area contributed by atoms with Gasteiger partial charge in [0.25, 0.3) is 0 Å². The lowest BCUT2D eigenvalue weighted by Gasteiger charge is -2.39. The Labute approximate surface area is 174 Å². The van der Waals surface area contributed by atoms with Gasteiger partial charge < -0.3 is 20.1 Å². The van der Waals surface area contributed by atoms with Crippen molar-refractivity contribution in [3.8, 4) is 0 Å². The maximum Gasteiger partial charge on any atom is 0.322 e. The summed E-state index contributed by atoms with van der Waals surface area (Å²) < 4.78 is 5.10. The minimum Gasteiger partial charge on any atom is -0.356 e. The third-order valence-electron chi connectivity index (χ3n) is 6.37. The number of nitrogens with zero attached hydrogens (tertiary/aromatic N) is 2. The van der Waals surface area contributed by atoms with Crippen LogP contribution in [0.15, 0.2) is 47.1 Å². The summed E-state index contributed by atoms with van der Waals surface area (Å²) in [4.78, 5) is 27.3. The van der Waals surface area contributed by atoms with E-state index in [-0.39, 0.29) is 23.9 Å². The van der Waals surface area contributed by atoms with Gasteiger partial charge in [-0.1, -0.05) is 17.3 Å². The van der Waals surface area contributed by atoms with Gasteiger partial charge in [-0.25, -0.2) is 4.79 Å². The number of carbonyl (C=O) groups excluding carboxylic acids is 2. The summed E-state index contributed by atoms with van der Waals surface area (Å²) >= 11 is 0. The van der Waals surface area contributed by atoms with E-state index in [9.17, 15) is 9.59 Å². The van der Waals surface area contributed by atoms with Crippen molar-refractivity contribution in [2.24, 2.45) is 5.92 Å². The molecule has 3 aromatic rings. The molecule has 2 aliphatic rings. The van der Waals surface area contributed by atoms with Gasteiger partial charge >= 0.3 is 6.03 Å². The maximum atomic E-state index is 12.8. The van der Waals surface area contributed by atoms with Gasteiger partial charge in [-0.3, -0.25) is 4.79 Å². The molecule has 30 heavy (non-hydrogen) atoms. The Morgan fingerprint density at radius 2 is 2.03 bits per heavy atom. The van der Waals surface area contributed by atoms with E-state index >= 15 is 0 Å². The van der Waals surface area contributed by atoms with Crippen LogP contribution in [-0.2, 0) is 11.3 Å². The van der Waals surface area contributed by atoms with Crippen LogP contribution in [-0.4, -0.2) is 28.0 Å². The highest BCUT2D eigenvalue weighted by Gasteiger charge is 2.34. The van der Waals surface area contributed by atoms with E-state index in [4.69, 9.17) is 4.52 Å². The summed E-state index contributed by atoms with van der Waals surface area (Å²) in [6.45, 7) is 2.71. The summed E-state index contributed by atoms with van der Waals surface area (Å²) in [5.41, 5.74) is 4.73. The Morgan fingerprint density at radius 3 is 2.87 bits per heavy atom. The van der Waals surface area contributed by atoms with Crippen molar-refractivity contribution in [3.05, 3.63) is 53.7 Å². The first-order valence-electron chi connectivity index (χ1n) is 10.4. The van der Waals surface area contributed by atoms with Gasteiger partial charge in [0.15, 0.2) is 5.58 Å². The third-order valence-corrected chi connectivity index (χ3v) is 6.37. The summed E-state index contributed by atoms with van der Waals surface area (Å²) in [5.74, 6) is -0.00478. The van der Waals surface area contributed by atoms with Crippen LogP contribution >= 0.6 is 0 Å². The van der Waals surface area contributed by atoms with Crippen LogP contribution in [0.4, 0.5) is 16.2 Å². The number of fused-ring (bicyclic) bond motifs is 2. The molecule has 5 rings (SSSR count). The van der Waals surface area contributed by atoms with Crippen LogP contribution in [0, 0.1) is 12.8 Å². The largest absolute Gasteiger partial charge is 0.356 e. The average molecular weight is 404 g/mol. The number of amides is 3. The van der Waals surface area contributed by atoms with E-state index in [0.717, 1.165) is 42.4 Å². The van der Waals surface area contributed by atoms with Gasteiger partial charge in [0.2, 0.25) is 5.91 Å². The molecule has 3 amide bonds. The monoisotopic (exact) mass is 404 g/mol. The predicted octanol–water partition coefficient (Wildman–Crippen LogP) is 4.68.